The van der Waals surface area contributed by atoms with Crippen molar-refractivity contribution in [3.8, 4) is 12.3 Å². The highest BCUT2D eigenvalue weighted by Crippen LogP contribution is 2.24. The van der Waals surface area contributed by atoms with E-state index in [0.717, 1.165) is 19.4 Å². The van der Waals surface area contributed by atoms with Crippen LogP contribution in [0.2, 0.25) is 0 Å². The number of rotatable bonds is 4. The second kappa shape index (κ2) is 5.82. The normalized spacial score (nSPS) is 9.73. The van der Waals surface area contributed by atoms with Crippen LogP contribution in [0, 0.1) is 26.2 Å². The van der Waals surface area contributed by atoms with E-state index in [4.69, 9.17) is 6.42 Å². The number of halogens is 1. The second-order valence-electron chi connectivity index (χ2n) is 3.66. The molecule has 0 unspecified atom stereocenters. The van der Waals surface area contributed by atoms with Crippen molar-refractivity contribution in [2.45, 2.75) is 26.7 Å². The van der Waals surface area contributed by atoms with E-state index in [0.29, 0.717) is 0 Å². The lowest BCUT2D eigenvalue weighted by Gasteiger charge is -2.09. The Labute approximate surface area is 100 Å². The van der Waals surface area contributed by atoms with E-state index >= 15 is 0 Å². The third kappa shape index (κ3) is 3.60. The van der Waals surface area contributed by atoms with Crippen molar-refractivity contribution in [1.29, 1.82) is 0 Å². The van der Waals surface area contributed by atoms with Crippen molar-refractivity contribution >= 4 is 21.6 Å². The molecule has 0 aliphatic carbocycles. The molecule has 0 saturated carbocycles. The lowest BCUT2D eigenvalue weighted by atomic mass is 10.1. The molecule has 15 heavy (non-hydrogen) atoms. The van der Waals surface area contributed by atoms with Crippen LogP contribution in [-0.2, 0) is 0 Å². The predicted octanol–water partition coefficient (Wildman–Crippen LogP) is 3.89. The van der Waals surface area contributed by atoms with Crippen LogP contribution in [0.4, 0.5) is 5.69 Å². The first kappa shape index (κ1) is 12.1. The molecule has 1 N–H and O–H groups in total. The van der Waals surface area contributed by atoms with Crippen molar-refractivity contribution in [3.63, 3.8) is 0 Å². The van der Waals surface area contributed by atoms with Crippen LogP contribution in [0.3, 0.4) is 0 Å². The van der Waals surface area contributed by atoms with E-state index < -0.39 is 0 Å². The average molecular weight is 266 g/mol. The second-order valence-corrected chi connectivity index (χ2v) is 4.45. The highest BCUT2D eigenvalue weighted by Gasteiger charge is 2.01. The Morgan fingerprint density at radius 2 is 1.93 bits per heavy atom. The van der Waals surface area contributed by atoms with Gasteiger partial charge < -0.3 is 5.32 Å². The molecular formula is C13H16BrN. The van der Waals surface area contributed by atoms with Gasteiger partial charge in [-0.2, -0.15) is 0 Å². The molecular weight excluding hydrogens is 250 g/mol. The highest BCUT2D eigenvalue weighted by molar-refractivity contribution is 9.10. The summed E-state index contributed by atoms with van der Waals surface area (Å²) in [6, 6.07) is 4.29. The standard InChI is InChI=1S/C13H16BrN/c1-4-5-6-7-15-12-8-10(2)13(14)11(3)9-12/h1,8-9,15H,5-7H2,2-3H3. The van der Waals surface area contributed by atoms with Crippen LogP contribution in [0.1, 0.15) is 24.0 Å². The largest absolute Gasteiger partial charge is 0.385 e. The maximum atomic E-state index is 5.19. The van der Waals surface area contributed by atoms with Crippen LogP contribution in [0.15, 0.2) is 16.6 Å². The smallest absolute Gasteiger partial charge is 0.0346 e. The average Bonchev–Trinajstić information content (AvgIpc) is 2.21. The van der Waals surface area contributed by atoms with Crippen molar-refractivity contribution in [1.82, 2.24) is 0 Å². The van der Waals surface area contributed by atoms with Gasteiger partial charge in [-0.3, -0.25) is 0 Å². The van der Waals surface area contributed by atoms with Crippen LogP contribution >= 0.6 is 15.9 Å². The van der Waals surface area contributed by atoms with E-state index in [2.05, 4.69) is 53.1 Å². The minimum absolute atomic E-state index is 0.835. The molecule has 0 aromatic heterocycles. The lowest BCUT2D eigenvalue weighted by molar-refractivity contribution is 0.907. The molecule has 0 saturated heterocycles. The maximum absolute atomic E-state index is 5.19. The van der Waals surface area contributed by atoms with Crippen LogP contribution in [0.25, 0.3) is 0 Å². The zero-order chi connectivity index (χ0) is 11.3. The maximum Gasteiger partial charge on any atom is 0.0346 e. The Balaban J connectivity index is 2.59. The zero-order valence-electron chi connectivity index (χ0n) is 9.23. The quantitative estimate of drug-likeness (QED) is 0.644. The Bertz CT molecular complexity index is 354. The fourth-order valence-corrected chi connectivity index (χ4v) is 1.70. The number of anilines is 1. The number of benzene rings is 1. The molecule has 0 spiro atoms. The van der Waals surface area contributed by atoms with E-state index in [9.17, 15) is 0 Å². The van der Waals surface area contributed by atoms with Crippen molar-refractivity contribution in [2.75, 3.05) is 11.9 Å². The van der Waals surface area contributed by atoms with Gasteiger partial charge in [0.2, 0.25) is 0 Å². The van der Waals surface area contributed by atoms with E-state index in [-0.39, 0.29) is 0 Å². The first-order chi connectivity index (χ1) is 7.15. The van der Waals surface area contributed by atoms with Gasteiger partial charge in [-0.1, -0.05) is 15.9 Å². The summed E-state index contributed by atoms with van der Waals surface area (Å²) in [5.41, 5.74) is 3.69. The molecule has 0 radical (unpaired) electrons. The molecule has 0 fully saturated rings. The molecule has 0 bridgehead atoms. The Hall–Kier alpha value is -0.940. The number of hydrogen-bond acceptors (Lipinski definition) is 1. The van der Waals surface area contributed by atoms with Gasteiger partial charge >= 0.3 is 0 Å². The molecule has 0 aliphatic heterocycles. The van der Waals surface area contributed by atoms with Gasteiger partial charge in [0.05, 0.1) is 0 Å². The molecule has 1 rings (SSSR count). The monoisotopic (exact) mass is 265 g/mol. The van der Waals surface area contributed by atoms with Gasteiger partial charge in [0.1, 0.15) is 0 Å². The molecule has 0 amide bonds. The van der Waals surface area contributed by atoms with Crippen LogP contribution < -0.4 is 5.32 Å². The van der Waals surface area contributed by atoms with Gasteiger partial charge in [-0.05, 0) is 43.5 Å². The van der Waals surface area contributed by atoms with E-state index in [1.807, 2.05) is 0 Å². The summed E-state index contributed by atoms with van der Waals surface area (Å²) in [6.07, 6.45) is 7.05. The topological polar surface area (TPSA) is 12.0 Å². The van der Waals surface area contributed by atoms with Gasteiger partial charge in [0.15, 0.2) is 0 Å². The number of terminal acetylenes is 1. The SMILES string of the molecule is C#CCCCNc1cc(C)c(Br)c(C)c1. The minimum Gasteiger partial charge on any atom is -0.385 e. The first-order valence-electron chi connectivity index (χ1n) is 5.09. The Morgan fingerprint density at radius 1 is 1.33 bits per heavy atom. The molecule has 1 nitrogen and oxygen atoms in total. The van der Waals surface area contributed by atoms with Gasteiger partial charge in [-0.15, -0.1) is 12.3 Å². The molecule has 0 aliphatic rings. The summed E-state index contributed by atoms with van der Waals surface area (Å²) < 4.78 is 1.19. The fraction of sp³-hybridized carbons (Fsp3) is 0.385. The molecule has 1 aromatic carbocycles. The summed E-state index contributed by atoms with van der Waals surface area (Å²) in [4.78, 5) is 0. The van der Waals surface area contributed by atoms with Gasteiger partial charge in [0, 0.05) is 23.1 Å². The van der Waals surface area contributed by atoms with Gasteiger partial charge in [0.25, 0.3) is 0 Å². The summed E-state index contributed by atoms with van der Waals surface area (Å²) >= 11 is 3.55. The van der Waals surface area contributed by atoms with E-state index in [1.165, 1.54) is 21.3 Å². The molecule has 2 heteroatoms. The van der Waals surface area contributed by atoms with Crippen LogP contribution in [-0.4, -0.2) is 6.54 Å². The van der Waals surface area contributed by atoms with E-state index in [1.54, 1.807) is 0 Å². The van der Waals surface area contributed by atoms with Crippen molar-refractivity contribution in [3.05, 3.63) is 27.7 Å². The molecule has 1 aromatic rings. The Kier molecular flexibility index (Phi) is 4.71. The van der Waals surface area contributed by atoms with Gasteiger partial charge in [-0.25, -0.2) is 0 Å². The minimum atomic E-state index is 0.835. The molecule has 80 valence electrons. The first-order valence-corrected chi connectivity index (χ1v) is 5.88. The number of aryl methyl sites for hydroxylation is 2. The fourth-order valence-electron chi connectivity index (χ4n) is 1.47. The third-order valence-electron chi connectivity index (χ3n) is 2.26. The molecule has 0 atom stereocenters. The summed E-state index contributed by atoms with van der Waals surface area (Å²) in [5, 5.41) is 3.37. The third-order valence-corrected chi connectivity index (χ3v) is 3.51. The number of nitrogens with one attached hydrogen (secondary N) is 1. The summed E-state index contributed by atoms with van der Waals surface area (Å²) in [6.45, 7) is 5.14. The molecule has 0 heterocycles. The predicted molar refractivity (Wildman–Crippen MR) is 70.2 cm³/mol. The Morgan fingerprint density at radius 3 is 2.47 bits per heavy atom. The summed E-state index contributed by atoms with van der Waals surface area (Å²) in [7, 11) is 0. The number of unbranched alkanes of at least 4 members (excludes halogenated alkanes) is 1. The highest BCUT2D eigenvalue weighted by atomic mass is 79.9. The lowest BCUT2D eigenvalue weighted by Crippen LogP contribution is -2.01. The zero-order valence-corrected chi connectivity index (χ0v) is 10.8. The number of hydrogen-bond donors (Lipinski definition) is 1. The summed E-state index contributed by atoms with van der Waals surface area (Å²) in [5.74, 6) is 2.64. The van der Waals surface area contributed by atoms with Crippen LogP contribution in [0.5, 0.6) is 0 Å². The van der Waals surface area contributed by atoms with Crippen molar-refractivity contribution < 1.29 is 0 Å². The van der Waals surface area contributed by atoms with Crippen molar-refractivity contribution in [2.24, 2.45) is 0 Å².